The van der Waals surface area contributed by atoms with E-state index in [9.17, 15) is 0 Å². The molecule has 6 heteroatoms. The number of thiocarbonyl (C=S) groups is 1. The Morgan fingerprint density at radius 3 is 2.70 bits per heavy atom. The summed E-state index contributed by atoms with van der Waals surface area (Å²) in [6, 6.07) is 12.8. The Hall–Kier alpha value is -1.08. The second kappa shape index (κ2) is 11.1. The molecule has 0 saturated carbocycles. The van der Waals surface area contributed by atoms with Crippen molar-refractivity contribution in [2.75, 3.05) is 37.8 Å². The van der Waals surface area contributed by atoms with Gasteiger partial charge < -0.3 is 15.1 Å². The van der Waals surface area contributed by atoms with Gasteiger partial charge in [-0.05, 0) is 74.1 Å². The Labute approximate surface area is 177 Å². The lowest BCUT2D eigenvalue weighted by molar-refractivity contribution is 0.253. The van der Waals surface area contributed by atoms with E-state index in [1.807, 2.05) is 0 Å². The Balaban J connectivity index is 1.63. The van der Waals surface area contributed by atoms with Gasteiger partial charge in [0.25, 0.3) is 0 Å². The largest absolute Gasteiger partial charge is 0.343 e. The molecule has 27 heavy (non-hydrogen) atoms. The van der Waals surface area contributed by atoms with Crippen molar-refractivity contribution >= 4 is 46.1 Å². The zero-order valence-corrected chi connectivity index (χ0v) is 18.5. The van der Waals surface area contributed by atoms with Gasteiger partial charge in [0.2, 0.25) is 0 Å². The van der Waals surface area contributed by atoms with Crippen molar-refractivity contribution in [1.82, 2.24) is 9.80 Å². The van der Waals surface area contributed by atoms with Crippen LogP contribution in [0.5, 0.6) is 0 Å². The number of anilines is 1. The molecule has 1 saturated heterocycles. The minimum absolute atomic E-state index is 0.816. The summed E-state index contributed by atoms with van der Waals surface area (Å²) in [6.07, 6.45) is 7.51. The van der Waals surface area contributed by atoms with Crippen molar-refractivity contribution in [2.24, 2.45) is 0 Å². The number of hydrogen-bond acceptors (Lipinski definition) is 4. The van der Waals surface area contributed by atoms with E-state index in [1.54, 1.807) is 23.1 Å². The van der Waals surface area contributed by atoms with Crippen LogP contribution >= 0.6 is 35.3 Å². The number of nitrogens with zero attached hydrogens (tertiary/aromatic N) is 2. The molecule has 1 aliphatic heterocycles. The standard InChI is InChI=1S/C21H29N3S3/c1-26-19-9-6-8-18(16-19)22-21(25)24(17-20-10-7-15-27-20)14-13-23-11-4-2-3-5-12-23/h6-10,15-16H,2-5,11-14,17H2,1H3,(H,22,25). The summed E-state index contributed by atoms with van der Waals surface area (Å²) in [6.45, 7) is 5.37. The highest BCUT2D eigenvalue weighted by Gasteiger charge is 2.15. The highest BCUT2D eigenvalue weighted by Crippen LogP contribution is 2.20. The lowest BCUT2D eigenvalue weighted by Crippen LogP contribution is -2.40. The van der Waals surface area contributed by atoms with Gasteiger partial charge in [-0.25, -0.2) is 0 Å². The van der Waals surface area contributed by atoms with E-state index in [0.29, 0.717) is 0 Å². The van der Waals surface area contributed by atoms with Gasteiger partial charge in [-0.1, -0.05) is 25.0 Å². The summed E-state index contributed by atoms with van der Waals surface area (Å²) >= 11 is 9.35. The third-order valence-corrected chi connectivity index (χ3v) is 6.87. The number of thioether (sulfide) groups is 1. The van der Waals surface area contributed by atoms with Gasteiger partial charge in [0.15, 0.2) is 5.11 Å². The molecule has 3 nitrogen and oxygen atoms in total. The van der Waals surface area contributed by atoms with Crippen molar-refractivity contribution in [3.05, 3.63) is 46.7 Å². The van der Waals surface area contributed by atoms with Gasteiger partial charge in [0.1, 0.15) is 0 Å². The van der Waals surface area contributed by atoms with E-state index in [2.05, 4.69) is 63.2 Å². The third kappa shape index (κ3) is 6.79. The third-order valence-electron chi connectivity index (χ3n) is 4.92. The summed E-state index contributed by atoms with van der Waals surface area (Å²) in [4.78, 5) is 7.52. The Kier molecular flexibility index (Phi) is 8.45. The number of benzene rings is 1. The molecule has 0 atom stereocenters. The van der Waals surface area contributed by atoms with Gasteiger partial charge in [-0.3, -0.25) is 0 Å². The monoisotopic (exact) mass is 419 g/mol. The van der Waals surface area contributed by atoms with E-state index < -0.39 is 0 Å². The molecule has 1 aromatic carbocycles. The molecule has 3 rings (SSSR count). The van der Waals surface area contributed by atoms with Crippen LogP contribution in [0.3, 0.4) is 0 Å². The smallest absolute Gasteiger partial charge is 0.173 e. The number of rotatable bonds is 7. The average molecular weight is 420 g/mol. The minimum atomic E-state index is 0.816. The molecule has 146 valence electrons. The summed E-state index contributed by atoms with van der Waals surface area (Å²) in [5.41, 5.74) is 1.07. The first-order chi connectivity index (χ1) is 13.2. The molecule has 0 aliphatic carbocycles. The molecule has 0 radical (unpaired) electrons. The molecule has 1 N–H and O–H groups in total. The molecule has 0 amide bonds. The first-order valence-electron chi connectivity index (χ1n) is 9.69. The minimum Gasteiger partial charge on any atom is -0.343 e. The van der Waals surface area contributed by atoms with E-state index in [-0.39, 0.29) is 0 Å². The molecule has 2 aromatic rings. The molecular formula is C21H29N3S3. The summed E-state index contributed by atoms with van der Waals surface area (Å²) in [5, 5.41) is 6.42. The van der Waals surface area contributed by atoms with Crippen molar-refractivity contribution in [3.8, 4) is 0 Å². The Morgan fingerprint density at radius 2 is 2.00 bits per heavy atom. The predicted molar refractivity (Wildman–Crippen MR) is 124 cm³/mol. The maximum absolute atomic E-state index is 5.80. The second-order valence-electron chi connectivity index (χ2n) is 6.92. The van der Waals surface area contributed by atoms with Gasteiger partial charge in [0, 0.05) is 28.5 Å². The van der Waals surface area contributed by atoms with E-state index in [0.717, 1.165) is 30.4 Å². The quantitative estimate of drug-likeness (QED) is 0.467. The van der Waals surface area contributed by atoms with Gasteiger partial charge in [-0.15, -0.1) is 23.1 Å². The van der Waals surface area contributed by atoms with Crippen molar-refractivity contribution in [1.29, 1.82) is 0 Å². The fourth-order valence-corrected chi connectivity index (χ4v) is 4.82. The Morgan fingerprint density at radius 1 is 1.19 bits per heavy atom. The molecule has 0 unspecified atom stereocenters. The van der Waals surface area contributed by atoms with Gasteiger partial charge in [-0.2, -0.15) is 0 Å². The molecular weight excluding hydrogens is 390 g/mol. The fourth-order valence-electron chi connectivity index (χ4n) is 3.37. The van der Waals surface area contributed by atoms with E-state index in [1.165, 1.54) is 48.5 Å². The summed E-state index contributed by atoms with van der Waals surface area (Å²) in [5.74, 6) is 0. The maximum Gasteiger partial charge on any atom is 0.173 e. The van der Waals surface area contributed by atoms with Crippen LogP contribution in [-0.4, -0.2) is 47.3 Å². The van der Waals surface area contributed by atoms with Crippen LogP contribution in [0.25, 0.3) is 0 Å². The van der Waals surface area contributed by atoms with Crippen LogP contribution in [0, 0.1) is 0 Å². The summed E-state index contributed by atoms with van der Waals surface area (Å²) < 4.78 is 0. The summed E-state index contributed by atoms with van der Waals surface area (Å²) in [7, 11) is 0. The number of nitrogens with one attached hydrogen (secondary N) is 1. The van der Waals surface area contributed by atoms with Gasteiger partial charge >= 0.3 is 0 Å². The van der Waals surface area contributed by atoms with Crippen LogP contribution in [0.4, 0.5) is 5.69 Å². The number of hydrogen-bond donors (Lipinski definition) is 1. The van der Waals surface area contributed by atoms with Crippen LogP contribution in [0.2, 0.25) is 0 Å². The van der Waals surface area contributed by atoms with Crippen LogP contribution in [0.15, 0.2) is 46.7 Å². The molecule has 1 aliphatic rings. The van der Waals surface area contributed by atoms with Crippen molar-refractivity contribution < 1.29 is 0 Å². The number of likely N-dealkylation sites (tertiary alicyclic amines) is 1. The van der Waals surface area contributed by atoms with Crippen molar-refractivity contribution in [2.45, 2.75) is 37.1 Å². The molecule has 0 spiro atoms. The van der Waals surface area contributed by atoms with Crippen LogP contribution in [0.1, 0.15) is 30.6 Å². The maximum atomic E-state index is 5.80. The normalized spacial score (nSPS) is 15.3. The van der Waals surface area contributed by atoms with Gasteiger partial charge in [0.05, 0.1) is 6.54 Å². The zero-order chi connectivity index (χ0) is 18.9. The van der Waals surface area contributed by atoms with Crippen LogP contribution < -0.4 is 5.32 Å². The lowest BCUT2D eigenvalue weighted by atomic mass is 10.2. The van der Waals surface area contributed by atoms with E-state index >= 15 is 0 Å². The predicted octanol–water partition coefficient (Wildman–Crippen LogP) is 5.55. The van der Waals surface area contributed by atoms with Crippen LogP contribution in [-0.2, 0) is 6.54 Å². The molecule has 0 bridgehead atoms. The topological polar surface area (TPSA) is 18.5 Å². The molecule has 1 fully saturated rings. The molecule has 2 heterocycles. The molecule has 1 aromatic heterocycles. The zero-order valence-electron chi connectivity index (χ0n) is 16.0. The second-order valence-corrected chi connectivity index (χ2v) is 9.22. The number of thiophene rings is 1. The first-order valence-corrected chi connectivity index (χ1v) is 12.2. The van der Waals surface area contributed by atoms with Crippen molar-refractivity contribution in [3.63, 3.8) is 0 Å². The van der Waals surface area contributed by atoms with E-state index in [4.69, 9.17) is 12.2 Å². The first kappa shape index (κ1) is 20.6. The lowest BCUT2D eigenvalue weighted by Gasteiger charge is -2.29. The average Bonchev–Trinajstić information content (AvgIpc) is 3.06. The fraction of sp³-hybridized carbons (Fsp3) is 0.476. The highest BCUT2D eigenvalue weighted by atomic mass is 32.2. The SMILES string of the molecule is CSc1cccc(NC(=S)N(CCN2CCCCCC2)Cc2cccs2)c1. The highest BCUT2D eigenvalue weighted by molar-refractivity contribution is 7.98. The Bertz CT molecular complexity index is 694.